The van der Waals surface area contributed by atoms with Crippen molar-refractivity contribution in [1.82, 2.24) is 14.8 Å². The molecule has 0 atom stereocenters. The molecule has 4 heteroatoms. The first kappa shape index (κ1) is 13.7. The molecule has 0 aliphatic heterocycles. The van der Waals surface area contributed by atoms with Gasteiger partial charge in [-0.1, -0.05) is 38.1 Å². The van der Waals surface area contributed by atoms with Gasteiger partial charge < -0.3 is 10.3 Å². The van der Waals surface area contributed by atoms with Gasteiger partial charge in [-0.15, -0.1) is 10.2 Å². The lowest BCUT2D eigenvalue weighted by Gasteiger charge is -2.12. The Morgan fingerprint density at radius 1 is 1.16 bits per heavy atom. The average molecular weight is 258 g/mol. The van der Waals surface area contributed by atoms with Gasteiger partial charge in [0.2, 0.25) is 0 Å². The summed E-state index contributed by atoms with van der Waals surface area (Å²) in [4.78, 5) is 0. The Hall–Kier alpha value is -1.68. The molecule has 1 aromatic carbocycles. The quantitative estimate of drug-likeness (QED) is 0.895. The molecule has 0 unspecified atom stereocenters. The van der Waals surface area contributed by atoms with Crippen LogP contribution in [0.15, 0.2) is 24.3 Å². The van der Waals surface area contributed by atoms with Crippen molar-refractivity contribution in [2.24, 2.45) is 11.7 Å². The van der Waals surface area contributed by atoms with Gasteiger partial charge in [-0.25, -0.2) is 0 Å². The number of aryl methyl sites for hydroxylation is 1. The Balaban J connectivity index is 2.30. The highest BCUT2D eigenvalue weighted by Crippen LogP contribution is 2.14. The Bertz CT molecular complexity index is 543. The summed E-state index contributed by atoms with van der Waals surface area (Å²) < 4.78 is 2.16. The Morgan fingerprint density at radius 2 is 1.84 bits per heavy atom. The third-order valence-corrected chi connectivity index (χ3v) is 3.24. The van der Waals surface area contributed by atoms with E-state index in [0.29, 0.717) is 12.5 Å². The summed E-state index contributed by atoms with van der Waals surface area (Å²) in [5, 5.41) is 8.51. The van der Waals surface area contributed by atoms with Gasteiger partial charge >= 0.3 is 0 Å². The number of hydrogen-bond acceptors (Lipinski definition) is 3. The third kappa shape index (κ3) is 3.20. The summed E-state index contributed by atoms with van der Waals surface area (Å²) in [6, 6.07) is 8.40. The zero-order valence-corrected chi connectivity index (χ0v) is 11.9. The van der Waals surface area contributed by atoms with Crippen molar-refractivity contribution in [3.63, 3.8) is 0 Å². The molecule has 1 heterocycles. The number of nitrogens with two attached hydrogens (primary N) is 1. The Kier molecular flexibility index (Phi) is 4.32. The number of hydrogen-bond donors (Lipinski definition) is 1. The molecule has 0 amide bonds. The summed E-state index contributed by atoms with van der Waals surface area (Å²) in [5.41, 5.74) is 8.32. The van der Waals surface area contributed by atoms with Crippen LogP contribution in [0.1, 0.15) is 36.6 Å². The predicted molar refractivity (Wildman–Crippen MR) is 76.7 cm³/mol. The lowest BCUT2D eigenvalue weighted by atomic mass is 10.1. The van der Waals surface area contributed by atoms with Crippen LogP contribution in [0, 0.1) is 12.8 Å². The van der Waals surface area contributed by atoms with E-state index in [0.717, 1.165) is 24.6 Å². The van der Waals surface area contributed by atoms with E-state index in [4.69, 9.17) is 5.73 Å². The van der Waals surface area contributed by atoms with Gasteiger partial charge in [-0.3, -0.25) is 0 Å². The highest BCUT2D eigenvalue weighted by atomic mass is 15.3. The molecule has 0 radical (unpaired) electrons. The highest BCUT2D eigenvalue weighted by molar-refractivity contribution is 5.28. The van der Waals surface area contributed by atoms with Crippen molar-refractivity contribution in [2.45, 2.75) is 40.3 Å². The van der Waals surface area contributed by atoms with Crippen molar-refractivity contribution in [3.8, 4) is 0 Å². The minimum atomic E-state index is 0.438. The average Bonchev–Trinajstić information content (AvgIpc) is 2.74. The second-order valence-corrected chi connectivity index (χ2v) is 5.34. The van der Waals surface area contributed by atoms with Crippen LogP contribution in [0.2, 0.25) is 0 Å². The van der Waals surface area contributed by atoms with E-state index in [1.807, 2.05) is 0 Å². The zero-order chi connectivity index (χ0) is 13.8. The van der Waals surface area contributed by atoms with Gasteiger partial charge in [0.05, 0.1) is 6.54 Å². The van der Waals surface area contributed by atoms with Crippen LogP contribution in [0.5, 0.6) is 0 Å². The number of aromatic nitrogens is 3. The minimum Gasteiger partial charge on any atom is -0.324 e. The normalized spacial score (nSPS) is 11.2. The highest BCUT2D eigenvalue weighted by Gasteiger charge is 2.13. The Labute approximate surface area is 114 Å². The molecule has 2 aromatic rings. The first-order valence-electron chi connectivity index (χ1n) is 6.77. The molecule has 19 heavy (non-hydrogen) atoms. The molecule has 0 bridgehead atoms. The summed E-state index contributed by atoms with van der Waals surface area (Å²) in [5.74, 6) is 2.43. The van der Waals surface area contributed by atoms with Crippen molar-refractivity contribution in [2.75, 3.05) is 0 Å². The van der Waals surface area contributed by atoms with Crippen LogP contribution in [-0.2, 0) is 19.5 Å². The molecule has 0 saturated heterocycles. The topological polar surface area (TPSA) is 56.7 Å². The maximum Gasteiger partial charge on any atom is 0.146 e. The van der Waals surface area contributed by atoms with Crippen LogP contribution < -0.4 is 5.73 Å². The molecule has 102 valence electrons. The van der Waals surface area contributed by atoms with Crippen LogP contribution in [0.25, 0.3) is 0 Å². The summed E-state index contributed by atoms with van der Waals surface area (Å²) in [6.07, 6.45) is 0.812. The summed E-state index contributed by atoms with van der Waals surface area (Å²) in [7, 11) is 0. The van der Waals surface area contributed by atoms with Crippen LogP contribution in [0.3, 0.4) is 0 Å². The molecule has 0 aliphatic carbocycles. The first-order chi connectivity index (χ1) is 9.11. The maximum atomic E-state index is 5.74. The molecule has 0 saturated carbocycles. The second kappa shape index (κ2) is 5.97. The maximum absolute atomic E-state index is 5.74. The van der Waals surface area contributed by atoms with E-state index >= 15 is 0 Å². The van der Waals surface area contributed by atoms with Gasteiger partial charge in [0.15, 0.2) is 0 Å². The van der Waals surface area contributed by atoms with Gasteiger partial charge in [0, 0.05) is 13.0 Å². The van der Waals surface area contributed by atoms with E-state index in [1.165, 1.54) is 11.1 Å². The molecule has 0 fully saturated rings. The van der Waals surface area contributed by atoms with Crippen molar-refractivity contribution < 1.29 is 0 Å². The van der Waals surface area contributed by atoms with Crippen molar-refractivity contribution in [3.05, 3.63) is 47.0 Å². The fourth-order valence-corrected chi connectivity index (χ4v) is 2.21. The number of benzene rings is 1. The number of nitrogens with zero attached hydrogens (tertiary/aromatic N) is 3. The predicted octanol–water partition coefficient (Wildman–Crippen LogP) is 2.29. The van der Waals surface area contributed by atoms with Crippen molar-refractivity contribution in [1.29, 1.82) is 0 Å². The van der Waals surface area contributed by atoms with E-state index in [-0.39, 0.29) is 0 Å². The zero-order valence-electron chi connectivity index (χ0n) is 11.9. The van der Waals surface area contributed by atoms with E-state index in [9.17, 15) is 0 Å². The smallest absolute Gasteiger partial charge is 0.146 e. The van der Waals surface area contributed by atoms with Crippen molar-refractivity contribution >= 4 is 0 Å². The molecule has 4 nitrogen and oxygen atoms in total. The first-order valence-corrected chi connectivity index (χ1v) is 6.77. The Morgan fingerprint density at radius 3 is 2.47 bits per heavy atom. The fourth-order valence-electron chi connectivity index (χ4n) is 2.21. The van der Waals surface area contributed by atoms with E-state index < -0.39 is 0 Å². The van der Waals surface area contributed by atoms with Gasteiger partial charge in [-0.05, 0) is 24.0 Å². The molecule has 0 aliphatic rings. The molecular formula is C15H22N4. The standard InChI is InChI=1S/C15H22N4/c1-11(2)10-19-14(17-18-15(19)9-16)8-13-7-5-4-6-12(13)3/h4-7,11H,8-10,16H2,1-3H3. The van der Waals surface area contributed by atoms with Crippen LogP contribution in [-0.4, -0.2) is 14.8 Å². The third-order valence-electron chi connectivity index (χ3n) is 3.24. The second-order valence-electron chi connectivity index (χ2n) is 5.34. The molecule has 2 rings (SSSR count). The molecule has 0 spiro atoms. The van der Waals surface area contributed by atoms with Crippen LogP contribution >= 0.6 is 0 Å². The van der Waals surface area contributed by atoms with Gasteiger partial charge in [0.1, 0.15) is 11.6 Å². The van der Waals surface area contributed by atoms with Gasteiger partial charge in [-0.2, -0.15) is 0 Å². The SMILES string of the molecule is Cc1ccccc1Cc1nnc(CN)n1CC(C)C. The fraction of sp³-hybridized carbons (Fsp3) is 0.467. The number of rotatable bonds is 5. The minimum absolute atomic E-state index is 0.438. The lowest BCUT2D eigenvalue weighted by Crippen LogP contribution is -2.15. The van der Waals surface area contributed by atoms with E-state index in [2.05, 4.69) is 59.8 Å². The largest absolute Gasteiger partial charge is 0.324 e. The lowest BCUT2D eigenvalue weighted by molar-refractivity contribution is 0.495. The summed E-state index contributed by atoms with van der Waals surface area (Å²) in [6.45, 7) is 7.87. The monoisotopic (exact) mass is 258 g/mol. The summed E-state index contributed by atoms with van der Waals surface area (Å²) >= 11 is 0. The molecule has 2 N–H and O–H groups in total. The van der Waals surface area contributed by atoms with Gasteiger partial charge in [0.25, 0.3) is 0 Å². The van der Waals surface area contributed by atoms with E-state index in [1.54, 1.807) is 0 Å². The van der Waals surface area contributed by atoms with Crippen LogP contribution in [0.4, 0.5) is 0 Å². The molecular weight excluding hydrogens is 236 g/mol. The molecule has 1 aromatic heterocycles.